The van der Waals surface area contributed by atoms with Crippen LogP contribution in [-0.4, -0.2) is 29.8 Å². The van der Waals surface area contributed by atoms with Crippen LogP contribution >= 0.6 is 0 Å². The van der Waals surface area contributed by atoms with Crippen molar-refractivity contribution in [3.05, 3.63) is 44.6 Å². The number of H-pyrrole nitrogens is 1. The summed E-state index contributed by atoms with van der Waals surface area (Å²) in [5.41, 5.74) is 0.362. The second-order valence-electron chi connectivity index (χ2n) is 4.20. The topological polar surface area (TPSA) is 98.5 Å². The predicted octanol–water partition coefficient (Wildman–Crippen LogP) is -0.489. The van der Waals surface area contributed by atoms with E-state index in [4.69, 9.17) is 0 Å². The van der Waals surface area contributed by atoms with Gasteiger partial charge in [0.1, 0.15) is 0 Å². The molecule has 2 heterocycles. The lowest BCUT2D eigenvalue weighted by Crippen LogP contribution is -2.34. The second kappa shape index (κ2) is 3.87. The zero-order valence-corrected chi connectivity index (χ0v) is 10.3. The minimum atomic E-state index is -0.589. The fourth-order valence-electron chi connectivity index (χ4n) is 1.87. The molecule has 0 unspecified atom stereocenters. The molecule has 0 aliphatic rings. The highest BCUT2D eigenvalue weighted by atomic mass is 16.2. The maximum absolute atomic E-state index is 12.3. The lowest BCUT2D eigenvalue weighted by atomic mass is 10.2. The van der Waals surface area contributed by atoms with E-state index in [0.717, 1.165) is 10.1 Å². The van der Waals surface area contributed by atoms with Gasteiger partial charge in [0.05, 0.1) is 18.0 Å². The summed E-state index contributed by atoms with van der Waals surface area (Å²) in [4.78, 5) is 28.1. The first kappa shape index (κ1) is 11.3. The molecular weight excluding hydrogens is 248 g/mol. The summed E-state index contributed by atoms with van der Waals surface area (Å²) in [5, 5.41) is 11.6. The minimum absolute atomic E-state index is 0.0443. The number of nitrogens with zero attached hydrogens (tertiary/aromatic N) is 5. The van der Waals surface area contributed by atoms with Crippen molar-refractivity contribution in [2.75, 3.05) is 0 Å². The Balaban J connectivity index is 2.43. The number of aromatic amines is 1. The van der Waals surface area contributed by atoms with E-state index in [1.54, 1.807) is 19.2 Å². The van der Waals surface area contributed by atoms with Gasteiger partial charge in [0.25, 0.3) is 11.5 Å². The number of aryl methyl sites for hydroxylation is 2. The van der Waals surface area contributed by atoms with Crippen molar-refractivity contribution in [1.82, 2.24) is 29.8 Å². The number of benzene rings is 1. The number of rotatable bonds is 1. The van der Waals surface area contributed by atoms with Gasteiger partial charge < -0.3 is 4.98 Å². The summed E-state index contributed by atoms with van der Waals surface area (Å²) >= 11 is 0. The third-order valence-corrected chi connectivity index (χ3v) is 2.75. The van der Waals surface area contributed by atoms with E-state index in [1.165, 1.54) is 4.80 Å². The Labute approximate surface area is 106 Å². The van der Waals surface area contributed by atoms with Gasteiger partial charge in [-0.2, -0.15) is 9.36 Å². The van der Waals surface area contributed by atoms with Crippen molar-refractivity contribution in [2.24, 2.45) is 7.05 Å². The Bertz CT molecular complexity index is 888. The van der Waals surface area contributed by atoms with E-state index >= 15 is 0 Å². The Morgan fingerprint density at radius 2 is 2.05 bits per heavy atom. The highest BCUT2D eigenvalue weighted by molar-refractivity contribution is 5.78. The largest absolute Gasteiger partial charge is 0.336 e. The maximum Gasteiger partial charge on any atom is 0.336 e. The average molecular weight is 258 g/mol. The Morgan fingerprint density at radius 3 is 2.74 bits per heavy atom. The molecular formula is C11H10N6O2. The van der Waals surface area contributed by atoms with Gasteiger partial charge in [0.2, 0.25) is 0 Å². The highest BCUT2D eigenvalue weighted by Gasteiger charge is 2.13. The summed E-state index contributed by atoms with van der Waals surface area (Å²) in [7, 11) is 1.56. The van der Waals surface area contributed by atoms with Crippen LogP contribution in [0, 0.1) is 6.92 Å². The molecule has 2 aromatic heterocycles. The number of tetrazole rings is 1. The molecule has 0 saturated heterocycles. The van der Waals surface area contributed by atoms with E-state index in [1.807, 2.05) is 13.0 Å². The zero-order chi connectivity index (χ0) is 13.6. The fraction of sp³-hybridized carbons (Fsp3) is 0.182. The molecule has 1 N–H and O–H groups in total. The number of nitrogens with one attached hydrogen (secondary N) is 1. The molecule has 8 nitrogen and oxygen atoms in total. The van der Waals surface area contributed by atoms with E-state index in [0.29, 0.717) is 10.9 Å². The molecule has 96 valence electrons. The molecule has 3 aromatic rings. The molecule has 0 aliphatic heterocycles. The molecule has 3 rings (SSSR count). The van der Waals surface area contributed by atoms with Gasteiger partial charge in [-0.25, -0.2) is 4.79 Å². The van der Waals surface area contributed by atoms with E-state index in [2.05, 4.69) is 20.4 Å². The van der Waals surface area contributed by atoms with Crippen LogP contribution in [0.1, 0.15) is 5.56 Å². The van der Waals surface area contributed by atoms with Gasteiger partial charge >= 0.3 is 5.69 Å². The van der Waals surface area contributed by atoms with Gasteiger partial charge in [0.15, 0.2) is 0 Å². The standard InChI is InChI=1S/C11H10N6O2/c1-6-3-4-8-7(5-6)9(18)17(11(19)12-8)10-13-15-16(2)14-10/h3-5H,1-2H3,(H,12,19). The lowest BCUT2D eigenvalue weighted by Gasteiger charge is -2.02. The summed E-state index contributed by atoms with van der Waals surface area (Å²) in [6.45, 7) is 1.87. The number of hydrogen-bond acceptors (Lipinski definition) is 5. The average Bonchev–Trinajstić information content (AvgIpc) is 2.77. The molecule has 0 bridgehead atoms. The van der Waals surface area contributed by atoms with Crippen molar-refractivity contribution < 1.29 is 0 Å². The van der Waals surface area contributed by atoms with Crippen LogP contribution in [0.4, 0.5) is 0 Å². The summed E-state index contributed by atoms with van der Waals surface area (Å²) in [6, 6.07) is 5.23. The minimum Gasteiger partial charge on any atom is -0.306 e. The number of aromatic nitrogens is 6. The van der Waals surface area contributed by atoms with Crippen molar-refractivity contribution in [3.8, 4) is 5.95 Å². The van der Waals surface area contributed by atoms with Crippen molar-refractivity contribution in [2.45, 2.75) is 6.92 Å². The fourth-order valence-corrected chi connectivity index (χ4v) is 1.87. The van der Waals surface area contributed by atoms with Crippen molar-refractivity contribution in [1.29, 1.82) is 0 Å². The molecule has 0 fully saturated rings. The highest BCUT2D eigenvalue weighted by Crippen LogP contribution is 2.08. The van der Waals surface area contributed by atoms with E-state index < -0.39 is 11.2 Å². The maximum atomic E-state index is 12.3. The molecule has 19 heavy (non-hydrogen) atoms. The van der Waals surface area contributed by atoms with Crippen LogP contribution in [0.5, 0.6) is 0 Å². The van der Waals surface area contributed by atoms with Gasteiger partial charge in [-0.3, -0.25) is 4.79 Å². The van der Waals surface area contributed by atoms with Crippen molar-refractivity contribution >= 4 is 10.9 Å². The first-order valence-electron chi connectivity index (χ1n) is 5.56. The van der Waals surface area contributed by atoms with Crippen molar-refractivity contribution in [3.63, 3.8) is 0 Å². The van der Waals surface area contributed by atoms with Crippen LogP contribution < -0.4 is 11.2 Å². The summed E-state index contributed by atoms with van der Waals surface area (Å²) in [5.74, 6) is -0.0443. The van der Waals surface area contributed by atoms with E-state index in [9.17, 15) is 9.59 Å². The molecule has 0 saturated carbocycles. The second-order valence-corrected chi connectivity index (χ2v) is 4.20. The van der Waals surface area contributed by atoms with Crippen LogP contribution in [0.2, 0.25) is 0 Å². The Hall–Kier alpha value is -2.77. The van der Waals surface area contributed by atoms with Gasteiger partial charge in [0, 0.05) is 0 Å². The third kappa shape index (κ3) is 1.73. The number of hydrogen-bond donors (Lipinski definition) is 1. The van der Waals surface area contributed by atoms with Crippen LogP contribution in [0.15, 0.2) is 27.8 Å². The molecule has 0 spiro atoms. The normalized spacial score (nSPS) is 11.1. The molecule has 8 heteroatoms. The first-order valence-corrected chi connectivity index (χ1v) is 5.56. The summed E-state index contributed by atoms with van der Waals surface area (Å²) in [6.07, 6.45) is 0. The lowest BCUT2D eigenvalue weighted by molar-refractivity contribution is 0.628. The van der Waals surface area contributed by atoms with Gasteiger partial charge in [-0.1, -0.05) is 16.7 Å². The van der Waals surface area contributed by atoms with Crippen LogP contribution in [0.25, 0.3) is 16.9 Å². The quantitative estimate of drug-likeness (QED) is 0.635. The summed E-state index contributed by atoms with van der Waals surface area (Å²) < 4.78 is 0.870. The van der Waals surface area contributed by atoms with Crippen LogP contribution in [0.3, 0.4) is 0 Å². The van der Waals surface area contributed by atoms with Crippen LogP contribution in [-0.2, 0) is 7.05 Å². The third-order valence-electron chi connectivity index (χ3n) is 2.75. The molecule has 1 aromatic carbocycles. The Kier molecular flexibility index (Phi) is 2.31. The van der Waals surface area contributed by atoms with Gasteiger partial charge in [-0.15, -0.1) is 5.10 Å². The molecule has 0 amide bonds. The monoisotopic (exact) mass is 258 g/mol. The number of fused-ring (bicyclic) bond motifs is 1. The zero-order valence-electron chi connectivity index (χ0n) is 10.3. The molecule has 0 radical (unpaired) electrons. The predicted molar refractivity (Wildman–Crippen MR) is 67.3 cm³/mol. The van der Waals surface area contributed by atoms with E-state index in [-0.39, 0.29) is 5.95 Å². The first-order chi connectivity index (χ1) is 9.06. The van der Waals surface area contributed by atoms with Gasteiger partial charge in [-0.05, 0) is 24.3 Å². The Morgan fingerprint density at radius 1 is 1.26 bits per heavy atom. The SMILES string of the molecule is Cc1ccc2[nH]c(=O)n(-c3nnn(C)n3)c(=O)c2c1. The molecule has 0 aliphatic carbocycles. The smallest absolute Gasteiger partial charge is 0.306 e. The molecule has 0 atom stereocenters.